The van der Waals surface area contributed by atoms with E-state index in [0.717, 1.165) is 11.3 Å². The molecule has 1 atom stereocenters. The van der Waals surface area contributed by atoms with Crippen molar-refractivity contribution >= 4 is 27.3 Å². The van der Waals surface area contributed by atoms with Crippen molar-refractivity contribution in [2.24, 2.45) is 11.8 Å². The highest BCUT2D eigenvalue weighted by molar-refractivity contribution is 9.10. The van der Waals surface area contributed by atoms with Crippen LogP contribution in [0.25, 0.3) is 0 Å². The summed E-state index contributed by atoms with van der Waals surface area (Å²) >= 11 is 4.13. The minimum absolute atomic E-state index is 0.369. The molecule has 0 aliphatic heterocycles. The number of thiophene rings is 1. The monoisotopic (exact) mass is 370 g/mol. The van der Waals surface area contributed by atoms with E-state index in [1.807, 2.05) is 0 Å². The van der Waals surface area contributed by atoms with E-state index < -0.39 is 30.7 Å². The van der Waals surface area contributed by atoms with Gasteiger partial charge in [0.25, 0.3) is 0 Å². The van der Waals surface area contributed by atoms with Gasteiger partial charge in [0.2, 0.25) is 0 Å². The highest BCUT2D eigenvalue weighted by Gasteiger charge is 2.60. The highest BCUT2D eigenvalue weighted by atomic mass is 79.9. The lowest BCUT2D eigenvalue weighted by Crippen LogP contribution is -2.54. The molecule has 0 aromatic carbocycles. The van der Waals surface area contributed by atoms with Crippen molar-refractivity contribution in [2.45, 2.75) is 24.8 Å². The Hall–Kier alpha value is -0.320. The zero-order chi connectivity index (χ0) is 14.8. The van der Waals surface area contributed by atoms with Crippen molar-refractivity contribution in [1.82, 2.24) is 5.43 Å². The first-order valence-corrected chi connectivity index (χ1v) is 6.55. The highest BCUT2D eigenvalue weighted by Crippen LogP contribution is 2.42. The molecule has 1 aromatic rings. The summed E-state index contributed by atoms with van der Waals surface area (Å²) in [5.74, 6) is 1.36. The largest absolute Gasteiger partial charge is 0.402 e. The minimum Gasteiger partial charge on any atom is -0.271 e. The van der Waals surface area contributed by atoms with Crippen LogP contribution in [0.1, 0.15) is 4.88 Å². The van der Waals surface area contributed by atoms with Gasteiger partial charge in [0, 0.05) is 20.8 Å². The van der Waals surface area contributed by atoms with Gasteiger partial charge in [-0.15, -0.1) is 11.3 Å². The number of alkyl halides is 6. The zero-order valence-corrected chi connectivity index (χ0v) is 11.6. The van der Waals surface area contributed by atoms with E-state index in [1.54, 1.807) is 10.8 Å². The summed E-state index contributed by atoms with van der Waals surface area (Å²) in [5.41, 5.74) is 1.62. The molecule has 0 aliphatic rings. The summed E-state index contributed by atoms with van der Waals surface area (Å²) < 4.78 is 75.8. The van der Waals surface area contributed by atoms with Crippen LogP contribution in [0, 0.1) is 5.92 Å². The fourth-order valence-corrected chi connectivity index (χ4v) is 3.10. The van der Waals surface area contributed by atoms with E-state index in [4.69, 9.17) is 5.84 Å². The van der Waals surface area contributed by atoms with Crippen molar-refractivity contribution in [3.05, 3.63) is 20.8 Å². The quantitative estimate of drug-likeness (QED) is 0.482. The van der Waals surface area contributed by atoms with Crippen LogP contribution in [-0.4, -0.2) is 18.4 Å². The van der Waals surface area contributed by atoms with Crippen molar-refractivity contribution in [2.75, 3.05) is 0 Å². The molecule has 0 aliphatic carbocycles. The average Bonchev–Trinajstić information content (AvgIpc) is 2.58. The van der Waals surface area contributed by atoms with Crippen molar-refractivity contribution in [3.63, 3.8) is 0 Å². The Kier molecular flexibility index (Phi) is 5.27. The predicted octanol–water partition coefficient (Wildman–Crippen LogP) is 3.63. The van der Waals surface area contributed by atoms with Gasteiger partial charge in [-0.25, -0.2) is 0 Å². The van der Waals surface area contributed by atoms with Crippen LogP contribution in [-0.2, 0) is 6.42 Å². The van der Waals surface area contributed by atoms with Crippen molar-refractivity contribution < 1.29 is 26.3 Å². The molecule has 0 radical (unpaired) electrons. The molecule has 10 heteroatoms. The maximum atomic E-state index is 12.5. The second-order valence-corrected chi connectivity index (χ2v) is 5.68. The first-order valence-electron chi connectivity index (χ1n) is 4.88. The van der Waals surface area contributed by atoms with Gasteiger partial charge in [0.1, 0.15) is 0 Å². The van der Waals surface area contributed by atoms with Crippen LogP contribution in [0.4, 0.5) is 26.3 Å². The van der Waals surface area contributed by atoms with Gasteiger partial charge in [-0.05, 0) is 28.4 Å². The molecule has 19 heavy (non-hydrogen) atoms. The molecule has 1 heterocycles. The van der Waals surface area contributed by atoms with Crippen molar-refractivity contribution in [3.8, 4) is 0 Å². The summed E-state index contributed by atoms with van der Waals surface area (Å²) in [6.45, 7) is 0. The third kappa shape index (κ3) is 4.62. The van der Waals surface area contributed by atoms with Gasteiger partial charge in [-0.3, -0.25) is 11.3 Å². The summed E-state index contributed by atoms with van der Waals surface area (Å²) in [4.78, 5) is 0.369. The van der Waals surface area contributed by atoms with E-state index in [-0.39, 0.29) is 0 Å². The van der Waals surface area contributed by atoms with E-state index in [9.17, 15) is 26.3 Å². The van der Waals surface area contributed by atoms with Crippen LogP contribution in [0.5, 0.6) is 0 Å². The summed E-state index contributed by atoms with van der Waals surface area (Å²) in [7, 11) is 0. The van der Waals surface area contributed by atoms with Gasteiger partial charge in [-0.1, -0.05) is 0 Å². The molecule has 0 saturated heterocycles. The number of hydrogen-bond acceptors (Lipinski definition) is 3. The molecule has 0 saturated carbocycles. The van der Waals surface area contributed by atoms with Crippen LogP contribution in [0.3, 0.4) is 0 Å². The third-order valence-corrected chi connectivity index (χ3v) is 4.08. The fraction of sp³-hybridized carbons (Fsp3) is 0.556. The van der Waals surface area contributed by atoms with Crippen LogP contribution in [0.2, 0.25) is 0 Å². The molecule has 3 N–H and O–H groups in total. The maximum absolute atomic E-state index is 12.5. The van der Waals surface area contributed by atoms with Crippen LogP contribution >= 0.6 is 27.3 Å². The molecule has 2 nitrogen and oxygen atoms in total. The van der Waals surface area contributed by atoms with E-state index in [0.29, 0.717) is 9.35 Å². The third-order valence-electron chi connectivity index (χ3n) is 2.36. The smallest absolute Gasteiger partial charge is 0.271 e. The Morgan fingerprint density at radius 2 is 1.74 bits per heavy atom. The molecule has 1 unspecified atom stereocenters. The van der Waals surface area contributed by atoms with E-state index >= 15 is 0 Å². The van der Waals surface area contributed by atoms with Gasteiger partial charge in [0.05, 0.1) is 0 Å². The van der Waals surface area contributed by atoms with Crippen LogP contribution < -0.4 is 11.3 Å². The minimum atomic E-state index is -5.41. The number of nitrogens with two attached hydrogens (primary N) is 1. The van der Waals surface area contributed by atoms with E-state index in [2.05, 4.69) is 15.9 Å². The zero-order valence-electron chi connectivity index (χ0n) is 9.15. The predicted molar refractivity (Wildman–Crippen MR) is 62.4 cm³/mol. The normalized spacial score (nSPS) is 15.0. The molecule has 0 amide bonds. The molecule has 0 bridgehead atoms. The fourth-order valence-electron chi connectivity index (χ4n) is 1.59. The number of nitrogens with one attached hydrogen (secondary N) is 1. The topological polar surface area (TPSA) is 38.0 Å². The molecule has 0 spiro atoms. The van der Waals surface area contributed by atoms with Gasteiger partial charge in [-0.2, -0.15) is 26.3 Å². The van der Waals surface area contributed by atoms with Gasteiger partial charge < -0.3 is 0 Å². The second-order valence-electron chi connectivity index (χ2n) is 3.77. The lowest BCUT2D eigenvalue weighted by atomic mass is 9.95. The molecule has 110 valence electrons. The molecule has 0 fully saturated rings. The Labute approximate surface area is 117 Å². The summed E-state index contributed by atoms with van der Waals surface area (Å²) in [6, 6.07) is -0.510. The lowest BCUT2D eigenvalue weighted by molar-refractivity contribution is -0.291. The maximum Gasteiger partial charge on any atom is 0.402 e. The number of hydrogen-bond donors (Lipinski definition) is 2. The molecule has 1 rings (SSSR count). The van der Waals surface area contributed by atoms with E-state index in [1.165, 1.54) is 6.07 Å². The molecular weight excluding hydrogens is 362 g/mol. The van der Waals surface area contributed by atoms with Gasteiger partial charge in [0.15, 0.2) is 5.92 Å². The van der Waals surface area contributed by atoms with Crippen LogP contribution in [0.15, 0.2) is 15.9 Å². The van der Waals surface area contributed by atoms with Gasteiger partial charge >= 0.3 is 12.4 Å². The Morgan fingerprint density at radius 3 is 2.05 bits per heavy atom. The number of rotatable bonds is 4. The number of halogens is 7. The Morgan fingerprint density at radius 1 is 1.21 bits per heavy atom. The first-order chi connectivity index (χ1) is 8.55. The lowest BCUT2D eigenvalue weighted by Gasteiger charge is -2.29. The molecular formula is C9H9BrF6N2S. The average molecular weight is 371 g/mol. The number of hydrazine groups is 1. The van der Waals surface area contributed by atoms with Crippen molar-refractivity contribution in [1.29, 1.82) is 0 Å². The Balaban J connectivity index is 2.97. The summed E-state index contributed by atoms with van der Waals surface area (Å²) in [5, 5.41) is 1.57. The SMILES string of the molecule is NNC(Cc1cc(Br)cs1)C(C(F)(F)F)C(F)(F)F. The second kappa shape index (κ2) is 5.98. The standard InChI is InChI=1S/C9H9BrF6N2S/c10-4-1-5(19-3-4)2-6(18-17)7(8(11,12)13)9(14,15)16/h1,3,6-7,18H,2,17H2. The molecule has 1 aromatic heterocycles. The Bertz CT molecular complexity index is 402. The first kappa shape index (κ1) is 16.7. The summed E-state index contributed by atoms with van der Waals surface area (Å²) in [6.07, 6.45) is -11.3.